The molecule has 2 N–H and O–H groups in total. The normalized spacial score (nSPS) is 20.6. The lowest BCUT2D eigenvalue weighted by Gasteiger charge is -2.45. The lowest BCUT2D eigenvalue weighted by molar-refractivity contribution is -0.165. The Bertz CT molecular complexity index is 2490. The molecule has 346 valence electrons. The van der Waals surface area contributed by atoms with Crippen LogP contribution < -0.4 is 10.7 Å². The monoisotopic (exact) mass is 891 g/mol. The number of methoxy groups -OCH3 is 1. The fourth-order valence-electron chi connectivity index (χ4n) is 9.59. The van der Waals surface area contributed by atoms with E-state index in [1.807, 2.05) is 37.3 Å². The van der Waals surface area contributed by atoms with Gasteiger partial charge in [-0.3, -0.25) is 34.0 Å². The number of nitrogens with zero attached hydrogens (tertiary/aromatic N) is 5. The Morgan fingerprint density at radius 1 is 1.09 bits per heavy atom. The number of alkyl halides is 1. The fraction of sp³-hybridized carbons (Fsp3) is 0.480. The molecule has 15 heteroatoms. The molecule has 2 fully saturated rings. The number of carbonyl (C=O) groups excluding carboxylic acids is 5. The summed E-state index contributed by atoms with van der Waals surface area (Å²) < 4.78 is 30.1. The number of benzene rings is 2. The molecule has 3 aliphatic rings. The number of hydrazine groups is 1. The van der Waals surface area contributed by atoms with Crippen LogP contribution in [0.5, 0.6) is 0 Å². The molecule has 2 saturated heterocycles. The van der Waals surface area contributed by atoms with Crippen LogP contribution in [0.15, 0.2) is 73.4 Å². The second-order valence-corrected chi connectivity index (χ2v) is 18.8. The van der Waals surface area contributed by atoms with Crippen molar-refractivity contribution in [2.24, 2.45) is 11.3 Å². The summed E-state index contributed by atoms with van der Waals surface area (Å²) in [6.45, 7) is 15.3. The number of ether oxygens (including phenoxy) is 2. The van der Waals surface area contributed by atoms with Gasteiger partial charge in [0, 0.05) is 61.7 Å². The topological polar surface area (TPSA) is 155 Å². The zero-order valence-corrected chi connectivity index (χ0v) is 38.8. The van der Waals surface area contributed by atoms with Crippen LogP contribution in [0.4, 0.5) is 4.39 Å². The van der Waals surface area contributed by atoms with Gasteiger partial charge in [-0.1, -0.05) is 64.6 Å². The number of halogens is 1. The average Bonchev–Trinajstić information content (AvgIpc) is 3.59. The molecule has 3 unspecified atom stereocenters. The first kappa shape index (κ1) is 47.0. The standard InChI is InChI=1S/C50H62FN7O7/c1-10-41(59)56-27-50(51,28-56)48(63)55(8)43(30(3)4)45(60)53-39-24-32-15-12-16-33(23-32)34-19-20-40-36(25-34)37(44(57(40)11-2)35-17-13-21-52-42(35)31(5)64-9)26-49(6,7)29-65-47(62)38-18-14-22-58(54-38)46(39)61/h10,12-13,15-17,19-21,23,25,30-31,38-39,43,54H,1,11,14,18,22,24,26-29H2,2-9H3,(H,53,60)/t31?,38-,39?,43?/m0/s1. The number of cyclic esters (lactones) is 1. The van der Waals surface area contributed by atoms with Crippen molar-refractivity contribution >= 4 is 40.5 Å². The molecule has 5 heterocycles. The molecule has 14 nitrogen and oxygen atoms in total. The third-order valence-corrected chi connectivity index (χ3v) is 13.0. The second-order valence-electron chi connectivity index (χ2n) is 18.8. The van der Waals surface area contributed by atoms with Crippen molar-refractivity contribution in [2.75, 3.05) is 40.4 Å². The van der Waals surface area contributed by atoms with Crippen LogP contribution in [0.25, 0.3) is 33.3 Å². The molecule has 0 aliphatic carbocycles. The largest absolute Gasteiger partial charge is 0.464 e. The molecule has 0 radical (unpaired) electrons. The van der Waals surface area contributed by atoms with E-state index in [1.165, 1.54) is 17.0 Å². The summed E-state index contributed by atoms with van der Waals surface area (Å²) in [5.74, 6) is -3.52. The van der Waals surface area contributed by atoms with E-state index in [4.69, 9.17) is 14.5 Å². The van der Waals surface area contributed by atoms with Gasteiger partial charge in [0.2, 0.25) is 17.5 Å². The molecule has 4 atom stereocenters. The minimum atomic E-state index is -2.37. The molecule has 2 aromatic heterocycles. The van der Waals surface area contributed by atoms with E-state index in [-0.39, 0.29) is 25.7 Å². The SMILES string of the molecule is C=CC(=O)N1CC(F)(C(=O)N(C)C(C(=O)NC2Cc3cccc(c3)-c3ccc4c(c3)c(c(-c3cccnc3C(C)OC)n4CC)CC(C)(C)COC(=O)[C@@H]3CCCN(N3)C2=O)C(C)C)C1. The van der Waals surface area contributed by atoms with Gasteiger partial charge in [-0.15, -0.1) is 0 Å². The van der Waals surface area contributed by atoms with Gasteiger partial charge in [0.05, 0.1) is 37.2 Å². The number of aryl methyl sites for hydroxylation is 1. The van der Waals surface area contributed by atoms with Gasteiger partial charge >= 0.3 is 5.97 Å². The summed E-state index contributed by atoms with van der Waals surface area (Å²) in [6.07, 6.45) is 4.14. The van der Waals surface area contributed by atoms with E-state index in [2.05, 4.69) is 66.9 Å². The van der Waals surface area contributed by atoms with E-state index in [0.29, 0.717) is 25.8 Å². The average molecular weight is 892 g/mol. The minimum absolute atomic E-state index is 0.0688. The molecule has 7 rings (SSSR count). The summed E-state index contributed by atoms with van der Waals surface area (Å²) in [6, 6.07) is 15.1. The van der Waals surface area contributed by atoms with Crippen LogP contribution in [-0.2, 0) is 52.8 Å². The van der Waals surface area contributed by atoms with Crippen LogP contribution in [0.3, 0.4) is 0 Å². The first-order valence-corrected chi connectivity index (χ1v) is 22.5. The summed E-state index contributed by atoms with van der Waals surface area (Å²) in [5.41, 5.74) is 7.76. The van der Waals surface area contributed by atoms with Crippen molar-refractivity contribution in [3.8, 4) is 22.4 Å². The molecule has 2 aromatic carbocycles. The highest BCUT2D eigenvalue weighted by Crippen LogP contribution is 2.42. The highest BCUT2D eigenvalue weighted by Gasteiger charge is 2.54. The molecule has 3 aliphatic heterocycles. The number of aromatic nitrogens is 2. The van der Waals surface area contributed by atoms with E-state index in [1.54, 1.807) is 27.2 Å². The molecule has 65 heavy (non-hydrogen) atoms. The number of likely N-dealkylation sites (tertiary alicyclic amines) is 1. The predicted molar refractivity (Wildman–Crippen MR) is 246 cm³/mol. The van der Waals surface area contributed by atoms with E-state index in [0.717, 1.165) is 61.1 Å². The number of nitrogens with one attached hydrogen (secondary N) is 2. The Kier molecular flexibility index (Phi) is 13.7. The maximum atomic E-state index is 15.9. The molecular weight excluding hydrogens is 830 g/mol. The zero-order valence-electron chi connectivity index (χ0n) is 38.8. The Morgan fingerprint density at radius 3 is 2.52 bits per heavy atom. The number of pyridine rings is 1. The zero-order chi connectivity index (χ0) is 47.0. The Balaban J connectivity index is 1.29. The van der Waals surface area contributed by atoms with Gasteiger partial charge in [-0.25, -0.2) is 9.82 Å². The first-order chi connectivity index (χ1) is 30.9. The van der Waals surface area contributed by atoms with Crippen molar-refractivity contribution in [2.45, 2.75) is 104 Å². The maximum Gasteiger partial charge on any atom is 0.324 e. The third kappa shape index (κ3) is 9.44. The molecule has 6 bridgehead atoms. The molecule has 0 spiro atoms. The number of hydrogen-bond donors (Lipinski definition) is 2. The van der Waals surface area contributed by atoms with Crippen molar-refractivity contribution in [3.05, 3.63) is 90.3 Å². The van der Waals surface area contributed by atoms with Crippen LogP contribution in [-0.4, -0.2) is 118 Å². The number of likely N-dealkylation sites (N-methyl/N-ethyl adjacent to an activating group) is 1. The fourth-order valence-corrected chi connectivity index (χ4v) is 9.59. The second kappa shape index (κ2) is 18.9. The predicted octanol–water partition coefficient (Wildman–Crippen LogP) is 5.97. The van der Waals surface area contributed by atoms with Crippen LogP contribution in [0.2, 0.25) is 0 Å². The Hall–Kier alpha value is -5.93. The number of amides is 4. The summed E-state index contributed by atoms with van der Waals surface area (Å²) in [7, 11) is 3.04. The molecule has 4 amide bonds. The smallest absolute Gasteiger partial charge is 0.324 e. The molecule has 0 saturated carbocycles. The van der Waals surface area contributed by atoms with E-state index >= 15 is 4.39 Å². The number of hydrogen-bond acceptors (Lipinski definition) is 9. The number of carbonyl (C=O) groups is 5. The van der Waals surface area contributed by atoms with Gasteiger partial charge < -0.3 is 29.2 Å². The summed E-state index contributed by atoms with van der Waals surface area (Å²) in [4.78, 5) is 75.6. The Morgan fingerprint density at radius 2 is 1.83 bits per heavy atom. The van der Waals surface area contributed by atoms with Crippen molar-refractivity contribution in [1.82, 2.24) is 35.1 Å². The van der Waals surface area contributed by atoms with Gasteiger partial charge in [0.15, 0.2) is 0 Å². The van der Waals surface area contributed by atoms with Gasteiger partial charge in [0.25, 0.3) is 11.8 Å². The minimum Gasteiger partial charge on any atom is -0.464 e. The maximum absolute atomic E-state index is 15.9. The molecule has 4 aromatic rings. The van der Waals surface area contributed by atoms with Crippen molar-refractivity contribution in [1.29, 1.82) is 0 Å². The summed E-state index contributed by atoms with van der Waals surface area (Å²) in [5, 5.41) is 5.36. The number of rotatable bonds is 10. The highest BCUT2D eigenvalue weighted by molar-refractivity contribution is 5.98. The van der Waals surface area contributed by atoms with Gasteiger partial charge in [-0.2, -0.15) is 0 Å². The highest BCUT2D eigenvalue weighted by atomic mass is 19.1. The van der Waals surface area contributed by atoms with Gasteiger partial charge in [-0.05, 0) is 91.6 Å². The van der Waals surface area contributed by atoms with Crippen molar-refractivity contribution < 1.29 is 37.8 Å². The van der Waals surface area contributed by atoms with E-state index < -0.39 is 77.8 Å². The van der Waals surface area contributed by atoms with E-state index in [9.17, 15) is 24.0 Å². The van der Waals surface area contributed by atoms with Crippen molar-refractivity contribution in [3.63, 3.8) is 0 Å². The Labute approximate surface area is 380 Å². The number of esters is 1. The lowest BCUT2D eigenvalue weighted by Crippen LogP contribution is -2.69. The van der Waals surface area contributed by atoms with Crippen LogP contribution in [0.1, 0.15) is 77.3 Å². The third-order valence-electron chi connectivity index (χ3n) is 13.0. The first-order valence-electron chi connectivity index (χ1n) is 22.5. The van der Waals surface area contributed by atoms with Crippen LogP contribution in [0, 0.1) is 11.3 Å². The van der Waals surface area contributed by atoms with Crippen LogP contribution >= 0.6 is 0 Å². The number of fused-ring (bicyclic) bond motifs is 6. The lowest BCUT2D eigenvalue weighted by atomic mass is 9.84. The summed E-state index contributed by atoms with van der Waals surface area (Å²) >= 11 is 0. The van der Waals surface area contributed by atoms with Gasteiger partial charge in [0.1, 0.15) is 18.1 Å². The quantitative estimate of drug-likeness (QED) is 0.145. The molecular formula is C50H62FN7O7.